The predicted octanol–water partition coefficient (Wildman–Crippen LogP) is 3.93. The Balaban J connectivity index is 1.46. The lowest BCUT2D eigenvalue weighted by Gasteiger charge is -2.36. The molecule has 1 N–H and O–H groups in total. The Bertz CT molecular complexity index is 535. The molecule has 0 radical (unpaired) electrons. The highest BCUT2D eigenvalue weighted by atomic mass is 16.3. The molecule has 2 aromatic rings. The molecule has 1 aliphatic rings. The van der Waals surface area contributed by atoms with Crippen molar-refractivity contribution in [2.45, 2.75) is 45.2 Å². The number of rotatable bonds is 4. The fourth-order valence-electron chi connectivity index (χ4n) is 2.72. The van der Waals surface area contributed by atoms with Crippen LogP contribution in [-0.4, -0.2) is 6.04 Å². The van der Waals surface area contributed by atoms with Crippen LogP contribution in [-0.2, 0) is 6.54 Å². The number of furan rings is 1. The summed E-state index contributed by atoms with van der Waals surface area (Å²) >= 11 is 0. The number of nitrogens with one attached hydrogen (secondary N) is 1. The summed E-state index contributed by atoms with van der Waals surface area (Å²) in [6.45, 7) is 4.97. The monoisotopic (exact) mass is 255 g/mol. The van der Waals surface area contributed by atoms with Crippen LogP contribution < -0.4 is 5.32 Å². The van der Waals surface area contributed by atoms with Gasteiger partial charge < -0.3 is 9.73 Å². The molecule has 3 rings (SSSR count). The van der Waals surface area contributed by atoms with Gasteiger partial charge in [-0.25, -0.2) is 0 Å². The van der Waals surface area contributed by atoms with Gasteiger partial charge in [0.25, 0.3) is 0 Å². The molecule has 0 bridgehead atoms. The highest BCUT2D eigenvalue weighted by molar-refractivity contribution is 5.26. The maximum atomic E-state index is 5.56. The third kappa shape index (κ3) is 2.90. The van der Waals surface area contributed by atoms with Crippen molar-refractivity contribution in [1.29, 1.82) is 0 Å². The summed E-state index contributed by atoms with van der Waals surface area (Å²) in [5, 5.41) is 3.57. The molecule has 1 fully saturated rings. The van der Waals surface area contributed by atoms with E-state index in [4.69, 9.17) is 4.42 Å². The van der Waals surface area contributed by atoms with E-state index in [1.165, 1.54) is 24.0 Å². The smallest absolute Gasteiger partial charge is 0.117 e. The summed E-state index contributed by atoms with van der Waals surface area (Å²) in [5.74, 6) is 2.76. The Kier molecular flexibility index (Phi) is 3.43. The Morgan fingerprint density at radius 2 is 1.79 bits per heavy atom. The molecular weight excluding hydrogens is 234 g/mol. The van der Waals surface area contributed by atoms with E-state index >= 15 is 0 Å². The van der Waals surface area contributed by atoms with Crippen LogP contribution in [0.15, 0.2) is 40.8 Å². The Morgan fingerprint density at radius 3 is 2.42 bits per heavy atom. The molecule has 2 heteroatoms. The summed E-state index contributed by atoms with van der Waals surface area (Å²) in [4.78, 5) is 0. The zero-order valence-corrected chi connectivity index (χ0v) is 11.6. The van der Waals surface area contributed by atoms with Crippen molar-refractivity contribution in [3.8, 4) is 0 Å². The summed E-state index contributed by atoms with van der Waals surface area (Å²) in [5.41, 5.74) is 2.82. The van der Waals surface area contributed by atoms with E-state index in [0.29, 0.717) is 6.04 Å². The molecule has 0 atom stereocenters. The highest BCUT2D eigenvalue weighted by Crippen LogP contribution is 2.37. The second-order valence-corrected chi connectivity index (χ2v) is 5.67. The van der Waals surface area contributed by atoms with Gasteiger partial charge in [-0.1, -0.05) is 29.8 Å². The average molecular weight is 255 g/mol. The normalized spacial score (nSPS) is 22.2. The molecule has 2 nitrogen and oxygen atoms in total. The van der Waals surface area contributed by atoms with Gasteiger partial charge in [0.15, 0.2) is 0 Å². The van der Waals surface area contributed by atoms with Crippen molar-refractivity contribution >= 4 is 0 Å². The summed E-state index contributed by atoms with van der Waals surface area (Å²) in [6.07, 6.45) is 2.48. The zero-order chi connectivity index (χ0) is 13.2. The maximum absolute atomic E-state index is 5.56. The van der Waals surface area contributed by atoms with Gasteiger partial charge in [0, 0.05) is 6.04 Å². The van der Waals surface area contributed by atoms with Gasteiger partial charge >= 0.3 is 0 Å². The van der Waals surface area contributed by atoms with E-state index in [1.54, 1.807) is 0 Å². The summed E-state index contributed by atoms with van der Waals surface area (Å²) in [6, 6.07) is 13.7. The fourth-order valence-corrected chi connectivity index (χ4v) is 2.72. The second kappa shape index (κ2) is 5.22. The fraction of sp³-hybridized carbons (Fsp3) is 0.412. The molecule has 1 aliphatic carbocycles. The lowest BCUT2D eigenvalue weighted by atomic mass is 9.76. The first-order valence-electron chi connectivity index (χ1n) is 7.06. The molecule has 0 amide bonds. The molecule has 0 saturated heterocycles. The number of hydrogen-bond donors (Lipinski definition) is 1. The lowest BCUT2D eigenvalue weighted by molar-refractivity contribution is 0.281. The Hall–Kier alpha value is -1.54. The minimum absolute atomic E-state index is 0.636. The molecule has 0 unspecified atom stereocenters. The summed E-state index contributed by atoms with van der Waals surface area (Å²) < 4.78 is 5.56. The topological polar surface area (TPSA) is 25.2 Å². The van der Waals surface area contributed by atoms with E-state index in [9.17, 15) is 0 Å². The Morgan fingerprint density at radius 1 is 1.05 bits per heavy atom. The van der Waals surface area contributed by atoms with Crippen LogP contribution in [0, 0.1) is 13.8 Å². The first-order chi connectivity index (χ1) is 9.20. The van der Waals surface area contributed by atoms with E-state index in [2.05, 4.69) is 42.6 Å². The largest absolute Gasteiger partial charge is 0.465 e. The van der Waals surface area contributed by atoms with Crippen molar-refractivity contribution in [2.24, 2.45) is 0 Å². The zero-order valence-electron chi connectivity index (χ0n) is 11.6. The van der Waals surface area contributed by atoms with Crippen LogP contribution >= 0.6 is 0 Å². The quantitative estimate of drug-likeness (QED) is 0.895. The van der Waals surface area contributed by atoms with Gasteiger partial charge in [-0.2, -0.15) is 0 Å². The van der Waals surface area contributed by atoms with Crippen molar-refractivity contribution < 1.29 is 4.42 Å². The van der Waals surface area contributed by atoms with E-state index in [1.807, 2.05) is 13.0 Å². The van der Waals surface area contributed by atoms with Crippen molar-refractivity contribution in [1.82, 2.24) is 5.32 Å². The average Bonchev–Trinajstić information content (AvgIpc) is 2.75. The standard InChI is InChI=1S/C17H21NO/c1-12-3-6-14(7-4-12)15-9-16(10-15)18-11-17-8-5-13(2)19-17/h3-8,15-16,18H,9-11H2,1-2H3. The van der Waals surface area contributed by atoms with Gasteiger partial charge in [-0.3, -0.25) is 0 Å². The molecule has 0 aliphatic heterocycles. The Labute approximate surface area is 114 Å². The van der Waals surface area contributed by atoms with E-state index in [0.717, 1.165) is 24.0 Å². The SMILES string of the molecule is Cc1ccc(C2CC(NCc3ccc(C)o3)C2)cc1. The van der Waals surface area contributed by atoms with Gasteiger partial charge in [-0.15, -0.1) is 0 Å². The predicted molar refractivity (Wildman–Crippen MR) is 77.2 cm³/mol. The van der Waals surface area contributed by atoms with E-state index in [-0.39, 0.29) is 0 Å². The van der Waals surface area contributed by atoms with Crippen LogP contribution in [0.5, 0.6) is 0 Å². The van der Waals surface area contributed by atoms with Crippen LogP contribution in [0.25, 0.3) is 0 Å². The first-order valence-corrected chi connectivity index (χ1v) is 7.06. The van der Waals surface area contributed by atoms with Gasteiger partial charge in [0.2, 0.25) is 0 Å². The molecule has 0 spiro atoms. The first kappa shape index (κ1) is 12.5. The summed E-state index contributed by atoms with van der Waals surface area (Å²) in [7, 11) is 0. The molecule has 1 heterocycles. The van der Waals surface area contributed by atoms with Crippen LogP contribution in [0.2, 0.25) is 0 Å². The van der Waals surface area contributed by atoms with Crippen molar-refractivity contribution in [3.05, 3.63) is 59.0 Å². The number of benzene rings is 1. The van der Waals surface area contributed by atoms with Crippen LogP contribution in [0.3, 0.4) is 0 Å². The lowest BCUT2D eigenvalue weighted by Crippen LogP contribution is -2.39. The maximum Gasteiger partial charge on any atom is 0.117 e. The molecule has 100 valence electrons. The number of aryl methyl sites for hydroxylation is 2. The van der Waals surface area contributed by atoms with Crippen LogP contribution in [0.1, 0.15) is 41.4 Å². The minimum Gasteiger partial charge on any atom is -0.465 e. The molecule has 1 aromatic carbocycles. The second-order valence-electron chi connectivity index (χ2n) is 5.67. The molecule has 1 saturated carbocycles. The van der Waals surface area contributed by atoms with Gasteiger partial charge in [-0.05, 0) is 50.3 Å². The number of hydrogen-bond acceptors (Lipinski definition) is 2. The minimum atomic E-state index is 0.636. The third-order valence-electron chi connectivity index (χ3n) is 4.05. The highest BCUT2D eigenvalue weighted by Gasteiger charge is 2.29. The van der Waals surface area contributed by atoms with E-state index < -0.39 is 0 Å². The van der Waals surface area contributed by atoms with Gasteiger partial charge in [0.1, 0.15) is 11.5 Å². The molecular formula is C17H21NO. The molecule has 19 heavy (non-hydrogen) atoms. The van der Waals surface area contributed by atoms with Crippen LogP contribution in [0.4, 0.5) is 0 Å². The van der Waals surface area contributed by atoms with Crippen molar-refractivity contribution in [2.75, 3.05) is 0 Å². The third-order valence-corrected chi connectivity index (χ3v) is 4.05. The molecule has 1 aromatic heterocycles. The van der Waals surface area contributed by atoms with Gasteiger partial charge in [0.05, 0.1) is 6.54 Å². The van der Waals surface area contributed by atoms with Crippen molar-refractivity contribution in [3.63, 3.8) is 0 Å².